The van der Waals surface area contributed by atoms with Gasteiger partial charge in [-0.2, -0.15) is 0 Å². The second-order valence-electron chi connectivity index (χ2n) is 8.25. The minimum atomic E-state index is -0.429. The van der Waals surface area contributed by atoms with Gasteiger partial charge in [-0.1, -0.05) is 22.9 Å². The van der Waals surface area contributed by atoms with Gasteiger partial charge in [0.05, 0.1) is 6.10 Å². The van der Waals surface area contributed by atoms with Crippen LogP contribution in [-0.4, -0.2) is 65.2 Å². The number of ether oxygens (including phenoxy) is 1. The first-order chi connectivity index (χ1) is 16.0. The summed E-state index contributed by atoms with van der Waals surface area (Å²) in [5.41, 5.74) is 0.578. The molecule has 2 fully saturated rings. The average Bonchev–Trinajstić information content (AvgIpc) is 3.52. The summed E-state index contributed by atoms with van der Waals surface area (Å²) in [6, 6.07) is 6.70. The molecule has 3 amide bonds. The van der Waals surface area contributed by atoms with Crippen LogP contribution in [0.2, 0.25) is 5.02 Å². The first-order valence-corrected chi connectivity index (χ1v) is 12.3. The molecule has 2 aliphatic heterocycles. The van der Waals surface area contributed by atoms with Crippen LogP contribution in [-0.2, 0) is 9.53 Å². The van der Waals surface area contributed by atoms with E-state index >= 15 is 0 Å². The summed E-state index contributed by atoms with van der Waals surface area (Å²) in [4.78, 5) is 39.1. The largest absolute Gasteiger partial charge is 0.376 e. The van der Waals surface area contributed by atoms with Crippen LogP contribution in [0.5, 0.6) is 0 Å². The Balaban J connectivity index is 1.22. The Morgan fingerprint density at radius 2 is 1.82 bits per heavy atom. The predicted octanol–water partition coefficient (Wildman–Crippen LogP) is 2.98. The molecule has 0 saturated carbocycles. The van der Waals surface area contributed by atoms with Gasteiger partial charge in [-0.15, -0.1) is 10.2 Å². The maximum Gasteiger partial charge on any atom is 0.286 e. The lowest BCUT2D eigenvalue weighted by atomic mass is 9.93. The van der Waals surface area contributed by atoms with Crippen LogP contribution in [0.15, 0.2) is 24.3 Å². The van der Waals surface area contributed by atoms with E-state index in [-0.39, 0.29) is 33.9 Å². The molecule has 11 heteroatoms. The van der Waals surface area contributed by atoms with E-state index in [1.165, 1.54) is 0 Å². The van der Waals surface area contributed by atoms with Gasteiger partial charge < -0.3 is 20.3 Å². The van der Waals surface area contributed by atoms with Crippen molar-refractivity contribution in [2.75, 3.05) is 31.6 Å². The molecule has 3 heterocycles. The van der Waals surface area contributed by atoms with Gasteiger partial charge in [0, 0.05) is 43.4 Å². The Bertz CT molecular complexity index is 985. The number of anilines is 1. The fraction of sp³-hybridized carbons (Fsp3) is 0.500. The summed E-state index contributed by atoms with van der Waals surface area (Å²) in [5.74, 6) is -0.384. The number of halogens is 1. The van der Waals surface area contributed by atoms with Crippen molar-refractivity contribution in [3.05, 3.63) is 39.3 Å². The van der Waals surface area contributed by atoms with Gasteiger partial charge in [0.2, 0.25) is 15.9 Å². The molecule has 176 valence electrons. The number of carbonyl (C=O) groups excluding carboxylic acids is 3. The second kappa shape index (κ2) is 11.0. The van der Waals surface area contributed by atoms with E-state index in [0.29, 0.717) is 36.8 Å². The number of nitrogens with one attached hydrogen (secondary N) is 2. The van der Waals surface area contributed by atoms with Crippen LogP contribution >= 0.6 is 22.9 Å². The number of aromatic nitrogens is 2. The molecular weight excluding hydrogens is 466 g/mol. The lowest BCUT2D eigenvalue weighted by Gasteiger charge is -2.31. The standard InChI is InChI=1S/C22H26ClN5O4S/c23-15-3-5-16(6-4-15)25-19(30)20-26-27-21(33-20)22(31)28-9-7-14(8-10-28)12-18(29)24-13-17-2-1-11-32-17/h3-6,14,17H,1-2,7-13H2,(H,24,29)(H,25,30)/t17-/m0/s1. The first kappa shape index (κ1) is 23.6. The minimum Gasteiger partial charge on any atom is -0.376 e. The molecule has 1 atom stereocenters. The molecule has 0 unspecified atom stereocenters. The summed E-state index contributed by atoms with van der Waals surface area (Å²) in [5, 5.41) is 14.3. The molecule has 33 heavy (non-hydrogen) atoms. The monoisotopic (exact) mass is 491 g/mol. The van der Waals surface area contributed by atoms with Gasteiger partial charge in [0.25, 0.3) is 11.8 Å². The quantitative estimate of drug-likeness (QED) is 0.615. The normalized spacial score (nSPS) is 18.8. The topological polar surface area (TPSA) is 114 Å². The molecule has 1 aromatic carbocycles. The van der Waals surface area contributed by atoms with Crippen LogP contribution in [0.1, 0.15) is 51.7 Å². The first-order valence-electron chi connectivity index (χ1n) is 11.1. The molecule has 2 saturated heterocycles. The van der Waals surface area contributed by atoms with E-state index in [0.717, 1.165) is 43.6 Å². The number of hydrogen-bond donors (Lipinski definition) is 2. The third-order valence-electron chi connectivity index (χ3n) is 5.83. The molecule has 4 rings (SSSR count). The van der Waals surface area contributed by atoms with Crippen LogP contribution in [0.4, 0.5) is 5.69 Å². The van der Waals surface area contributed by atoms with Crippen LogP contribution < -0.4 is 10.6 Å². The average molecular weight is 492 g/mol. The number of piperidine rings is 1. The van der Waals surface area contributed by atoms with Gasteiger partial charge in [-0.3, -0.25) is 14.4 Å². The van der Waals surface area contributed by atoms with E-state index in [9.17, 15) is 14.4 Å². The zero-order valence-electron chi connectivity index (χ0n) is 18.1. The number of hydrogen-bond acceptors (Lipinski definition) is 7. The Morgan fingerprint density at radius 1 is 1.09 bits per heavy atom. The third-order valence-corrected chi connectivity index (χ3v) is 6.99. The highest BCUT2D eigenvalue weighted by atomic mass is 35.5. The second-order valence-corrected chi connectivity index (χ2v) is 9.67. The molecule has 0 radical (unpaired) electrons. The number of rotatable bonds is 7. The molecule has 0 aliphatic carbocycles. The smallest absolute Gasteiger partial charge is 0.286 e. The summed E-state index contributed by atoms with van der Waals surface area (Å²) in [6.45, 7) is 2.44. The maximum atomic E-state index is 12.8. The van der Waals surface area contributed by atoms with E-state index < -0.39 is 5.91 Å². The van der Waals surface area contributed by atoms with Gasteiger partial charge in [-0.05, 0) is 55.9 Å². The van der Waals surface area contributed by atoms with Crippen molar-refractivity contribution >= 4 is 46.3 Å². The van der Waals surface area contributed by atoms with Crippen molar-refractivity contribution in [1.29, 1.82) is 0 Å². The number of amides is 3. The number of benzene rings is 1. The zero-order chi connectivity index (χ0) is 23.2. The summed E-state index contributed by atoms with van der Waals surface area (Å²) in [6.07, 6.45) is 4.15. The SMILES string of the molecule is O=C(CC1CCN(C(=O)c2nnc(C(=O)Nc3ccc(Cl)cc3)s2)CC1)NC[C@@H]1CCCO1. The Hall–Kier alpha value is -2.56. The summed E-state index contributed by atoms with van der Waals surface area (Å²) >= 11 is 6.82. The highest BCUT2D eigenvalue weighted by Gasteiger charge is 2.28. The Kier molecular flexibility index (Phi) is 7.89. The van der Waals surface area contributed by atoms with Crippen LogP contribution in [0.25, 0.3) is 0 Å². The summed E-state index contributed by atoms with van der Waals surface area (Å²) in [7, 11) is 0. The highest BCUT2D eigenvalue weighted by molar-refractivity contribution is 7.15. The molecular formula is C22H26ClN5O4S. The highest BCUT2D eigenvalue weighted by Crippen LogP contribution is 2.23. The maximum absolute atomic E-state index is 12.8. The fourth-order valence-electron chi connectivity index (χ4n) is 3.96. The number of nitrogens with zero attached hydrogens (tertiary/aromatic N) is 3. The van der Waals surface area contributed by atoms with Crippen molar-refractivity contribution in [2.45, 2.75) is 38.2 Å². The zero-order valence-corrected chi connectivity index (χ0v) is 19.7. The van der Waals surface area contributed by atoms with Gasteiger partial charge in [0.15, 0.2) is 0 Å². The van der Waals surface area contributed by atoms with Crippen molar-refractivity contribution in [3.63, 3.8) is 0 Å². The van der Waals surface area contributed by atoms with Gasteiger partial charge in [-0.25, -0.2) is 0 Å². The molecule has 2 N–H and O–H groups in total. The lowest BCUT2D eigenvalue weighted by molar-refractivity contribution is -0.122. The molecule has 2 aliphatic rings. The minimum absolute atomic E-state index is 0.0377. The fourth-order valence-corrected chi connectivity index (χ4v) is 4.79. The molecule has 1 aromatic heterocycles. The predicted molar refractivity (Wildman–Crippen MR) is 125 cm³/mol. The van der Waals surface area contributed by atoms with Crippen molar-refractivity contribution in [1.82, 2.24) is 20.4 Å². The van der Waals surface area contributed by atoms with Gasteiger partial charge in [0.1, 0.15) is 0 Å². The van der Waals surface area contributed by atoms with Crippen LogP contribution in [0, 0.1) is 5.92 Å². The lowest BCUT2D eigenvalue weighted by Crippen LogP contribution is -2.40. The van der Waals surface area contributed by atoms with E-state index in [1.54, 1.807) is 29.2 Å². The van der Waals surface area contributed by atoms with E-state index in [2.05, 4.69) is 20.8 Å². The Labute approximate surface area is 200 Å². The number of likely N-dealkylation sites (tertiary alicyclic amines) is 1. The molecule has 2 aromatic rings. The van der Waals surface area contributed by atoms with Crippen molar-refractivity contribution < 1.29 is 19.1 Å². The van der Waals surface area contributed by atoms with Crippen molar-refractivity contribution in [2.24, 2.45) is 5.92 Å². The van der Waals surface area contributed by atoms with Crippen LogP contribution in [0.3, 0.4) is 0 Å². The number of carbonyl (C=O) groups is 3. The third kappa shape index (κ3) is 6.49. The van der Waals surface area contributed by atoms with E-state index in [1.807, 2.05) is 0 Å². The van der Waals surface area contributed by atoms with E-state index in [4.69, 9.17) is 16.3 Å². The Morgan fingerprint density at radius 3 is 2.52 bits per heavy atom. The molecule has 0 spiro atoms. The van der Waals surface area contributed by atoms with Crippen molar-refractivity contribution in [3.8, 4) is 0 Å². The van der Waals surface area contributed by atoms with Gasteiger partial charge >= 0.3 is 0 Å². The molecule has 9 nitrogen and oxygen atoms in total. The summed E-state index contributed by atoms with van der Waals surface area (Å²) < 4.78 is 5.53. The molecule has 0 bridgehead atoms.